The van der Waals surface area contributed by atoms with Gasteiger partial charge in [-0.05, 0) is 30.4 Å². The Hall–Kier alpha value is -3.21. The molecule has 0 aliphatic carbocycles. The molecule has 1 aliphatic rings. The molecule has 4 aromatic heterocycles. The first kappa shape index (κ1) is 24.9. The summed E-state index contributed by atoms with van der Waals surface area (Å²) in [6, 6.07) is 1.88. The Morgan fingerprint density at radius 1 is 1.31 bits per heavy atom. The maximum atomic E-state index is 14.5. The Bertz CT molecular complexity index is 1310. The fraction of sp³-hybridized carbons (Fsp3) is 0.250. The molecule has 0 amide bonds. The van der Waals surface area contributed by atoms with E-state index < -0.39 is 5.82 Å². The summed E-state index contributed by atoms with van der Waals surface area (Å²) in [4.78, 5) is 26.4. The molecule has 4 aromatic rings. The largest absolute Gasteiger partial charge is 0.363 e. The highest BCUT2D eigenvalue weighted by atomic mass is 35.5. The number of pyridine rings is 1. The summed E-state index contributed by atoms with van der Waals surface area (Å²) < 4.78 is 14.5. The van der Waals surface area contributed by atoms with Gasteiger partial charge in [-0.3, -0.25) is 4.90 Å². The number of aromatic nitrogens is 6. The number of rotatable bonds is 6. The van der Waals surface area contributed by atoms with E-state index in [2.05, 4.69) is 65.9 Å². The molecule has 35 heavy (non-hydrogen) atoms. The quantitative estimate of drug-likeness (QED) is 0.209. The molecule has 0 bridgehead atoms. The summed E-state index contributed by atoms with van der Waals surface area (Å²) in [5.41, 5.74) is 1.41. The number of allylic oxidation sites excluding steroid dienone is 1. The first-order valence-corrected chi connectivity index (χ1v) is 11.9. The van der Waals surface area contributed by atoms with Crippen LogP contribution in [-0.4, -0.2) is 53.9 Å². The Morgan fingerprint density at radius 2 is 2.14 bits per heavy atom. The van der Waals surface area contributed by atoms with Crippen molar-refractivity contribution in [2.24, 2.45) is 0 Å². The minimum atomic E-state index is -0.474. The van der Waals surface area contributed by atoms with E-state index in [1.54, 1.807) is 30.7 Å². The van der Waals surface area contributed by atoms with Crippen molar-refractivity contribution >= 4 is 41.1 Å². The molecule has 1 unspecified atom stereocenters. The molecule has 0 radical (unpaired) electrons. The van der Waals surface area contributed by atoms with Crippen LogP contribution in [0.4, 0.5) is 10.2 Å². The highest BCUT2D eigenvalue weighted by Gasteiger charge is 2.22. The highest BCUT2D eigenvalue weighted by molar-refractivity contribution is 7.84. The number of hydrogen-bond donors (Lipinski definition) is 4. The van der Waals surface area contributed by atoms with Gasteiger partial charge >= 0.3 is 0 Å². The van der Waals surface area contributed by atoms with Crippen molar-refractivity contribution in [1.29, 1.82) is 0 Å². The third kappa shape index (κ3) is 6.47. The van der Waals surface area contributed by atoms with E-state index in [0.29, 0.717) is 21.4 Å². The highest BCUT2D eigenvalue weighted by Crippen LogP contribution is 2.28. The summed E-state index contributed by atoms with van der Waals surface area (Å²) in [6.07, 6.45) is 11.6. The second-order valence-corrected chi connectivity index (χ2v) is 9.10. The van der Waals surface area contributed by atoms with Crippen LogP contribution >= 0.6 is 24.2 Å². The fourth-order valence-corrected chi connectivity index (χ4v) is 4.03. The standard InChI is InChI=1S/C20H20ClFN8.C4H6S/c21-12-6-14-15(8-26-18(14)25-7-12)19-27-9-16(22)20(29-19)28-13-2-1-5-30(10-13)11-17-23-3-4-24-17;1-3-4(2)5/h3-4,6-9,13H,1-2,5,10-11H2,(H,23,24)(H,25,26)(H,27,28,29);3,5H,1-2H2. The van der Waals surface area contributed by atoms with Gasteiger partial charge in [0.15, 0.2) is 17.5 Å². The minimum absolute atomic E-state index is 0.0880. The zero-order valence-corrected chi connectivity index (χ0v) is 20.7. The summed E-state index contributed by atoms with van der Waals surface area (Å²) in [7, 11) is 0. The van der Waals surface area contributed by atoms with Gasteiger partial charge in [0.2, 0.25) is 0 Å². The summed E-state index contributed by atoms with van der Waals surface area (Å²) >= 11 is 9.87. The molecular formula is C24H26ClFN8S. The number of nitrogens with zero attached hydrogens (tertiary/aromatic N) is 5. The topological polar surface area (TPSA) is 98.4 Å². The lowest BCUT2D eigenvalue weighted by Gasteiger charge is -2.32. The third-order valence-electron chi connectivity index (χ3n) is 5.49. The van der Waals surface area contributed by atoms with Gasteiger partial charge in [0.25, 0.3) is 0 Å². The Labute approximate surface area is 213 Å². The number of fused-ring (bicyclic) bond motifs is 1. The number of nitrogens with one attached hydrogen (secondary N) is 3. The van der Waals surface area contributed by atoms with Crippen LogP contribution in [-0.2, 0) is 6.54 Å². The van der Waals surface area contributed by atoms with Crippen molar-refractivity contribution in [2.75, 3.05) is 18.4 Å². The number of H-pyrrole nitrogens is 2. The van der Waals surface area contributed by atoms with Gasteiger partial charge in [0.05, 0.1) is 17.8 Å². The zero-order valence-electron chi connectivity index (χ0n) is 19.0. The van der Waals surface area contributed by atoms with Gasteiger partial charge in [-0.15, -0.1) is 12.6 Å². The minimum Gasteiger partial charge on any atom is -0.363 e. The number of piperidine rings is 1. The molecule has 1 aliphatic heterocycles. The van der Waals surface area contributed by atoms with E-state index in [1.807, 2.05) is 6.20 Å². The molecule has 1 fully saturated rings. The van der Waals surface area contributed by atoms with Crippen molar-refractivity contribution in [3.05, 3.63) is 77.9 Å². The van der Waals surface area contributed by atoms with E-state index in [4.69, 9.17) is 11.6 Å². The monoisotopic (exact) mass is 512 g/mol. The van der Waals surface area contributed by atoms with E-state index >= 15 is 0 Å². The molecule has 0 spiro atoms. The van der Waals surface area contributed by atoms with Crippen molar-refractivity contribution in [3.63, 3.8) is 0 Å². The smallest absolute Gasteiger partial charge is 0.183 e. The number of hydrogen-bond acceptors (Lipinski definition) is 7. The van der Waals surface area contributed by atoms with Crippen LogP contribution in [0.15, 0.2) is 61.2 Å². The lowest BCUT2D eigenvalue weighted by atomic mass is 10.1. The molecule has 11 heteroatoms. The molecular weight excluding hydrogens is 487 g/mol. The van der Waals surface area contributed by atoms with Gasteiger partial charge in [-0.25, -0.2) is 24.3 Å². The Kier molecular flexibility index (Phi) is 8.17. The first-order valence-electron chi connectivity index (χ1n) is 11.1. The molecule has 0 aromatic carbocycles. The van der Waals surface area contributed by atoms with Gasteiger partial charge in [-0.1, -0.05) is 30.8 Å². The lowest BCUT2D eigenvalue weighted by Crippen LogP contribution is -2.42. The van der Waals surface area contributed by atoms with Crippen LogP contribution in [0.3, 0.4) is 0 Å². The molecule has 1 saturated heterocycles. The number of likely N-dealkylation sites (tertiary alicyclic amines) is 1. The first-order chi connectivity index (χ1) is 16.9. The van der Waals surface area contributed by atoms with E-state index in [9.17, 15) is 4.39 Å². The van der Waals surface area contributed by atoms with Crippen molar-refractivity contribution in [2.45, 2.75) is 25.4 Å². The van der Waals surface area contributed by atoms with Gasteiger partial charge in [0.1, 0.15) is 11.5 Å². The Morgan fingerprint density at radius 3 is 2.89 bits per heavy atom. The van der Waals surface area contributed by atoms with E-state index in [-0.39, 0.29) is 11.9 Å². The van der Waals surface area contributed by atoms with E-state index in [0.717, 1.165) is 49.2 Å². The van der Waals surface area contributed by atoms with Crippen LogP contribution in [0.25, 0.3) is 22.4 Å². The third-order valence-corrected chi connectivity index (χ3v) is 5.88. The number of imidazole rings is 1. The number of thiol groups is 1. The molecule has 0 saturated carbocycles. The number of anilines is 1. The normalized spacial score (nSPS) is 15.9. The van der Waals surface area contributed by atoms with Crippen LogP contribution in [0.2, 0.25) is 5.02 Å². The summed E-state index contributed by atoms with van der Waals surface area (Å²) in [6.45, 7) is 9.32. The second-order valence-electron chi connectivity index (χ2n) is 8.09. The van der Waals surface area contributed by atoms with Crippen molar-refractivity contribution in [1.82, 2.24) is 34.8 Å². The molecule has 3 N–H and O–H groups in total. The zero-order chi connectivity index (χ0) is 24.8. The summed E-state index contributed by atoms with van der Waals surface area (Å²) in [5, 5.41) is 4.58. The van der Waals surface area contributed by atoms with Crippen molar-refractivity contribution in [3.8, 4) is 11.4 Å². The number of aromatic amines is 2. The molecule has 5 rings (SSSR count). The maximum Gasteiger partial charge on any atom is 0.183 e. The van der Waals surface area contributed by atoms with E-state index in [1.165, 1.54) is 6.20 Å². The van der Waals surface area contributed by atoms with Gasteiger partial charge in [0, 0.05) is 48.3 Å². The molecule has 1 atom stereocenters. The van der Waals surface area contributed by atoms with Crippen molar-refractivity contribution < 1.29 is 4.39 Å². The SMILES string of the molecule is C=CC(=C)S.Fc1cnc(-c2c[nH]c3ncc(Cl)cc23)nc1NC1CCCN(Cc2ncc[nH]2)C1. The Balaban J connectivity index is 0.000000527. The van der Waals surface area contributed by atoms with Gasteiger partial charge in [-0.2, -0.15) is 0 Å². The maximum absolute atomic E-state index is 14.5. The predicted octanol–water partition coefficient (Wildman–Crippen LogP) is 5.23. The van der Waals surface area contributed by atoms with Gasteiger partial charge < -0.3 is 15.3 Å². The van der Waals surface area contributed by atoms with Crippen LogP contribution in [0.5, 0.6) is 0 Å². The number of halogens is 2. The predicted molar refractivity (Wildman–Crippen MR) is 141 cm³/mol. The average molecular weight is 513 g/mol. The second kappa shape index (κ2) is 11.5. The van der Waals surface area contributed by atoms with Crippen LogP contribution in [0.1, 0.15) is 18.7 Å². The molecule has 5 heterocycles. The average Bonchev–Trinajstić information content (AvgIpc) is 3.51. The summed E-state index contributed by atoms with van der Waals surface area (Å²) in [5.74, 6) is 1.07. The van der Waals surface area contributed by atoms with Crippen LogP contribution in [0, 0.1) is 5.82 Å². The lowest BCUT2D eigenvalue weighted by molar-refractivity contribution is 0.204. The van der Waals surface area contributed by atoms with Crippen LogP contribution < -0.4 is 5.32 Å². The molecule has 182 valence electrons. The fourth-order valence-electron chi connectivity index (χ4n) is 3.87. The molecule has 8 nitrogen and oxygen atoms in total.